The Bertz CT molecular complexity index is 1070. The van der Waals surface area contributed by atoms with Crippen molar-refractivity contribution >= 4 is 5.91 Å². The van der Waals surface area contributed by atoms with Gasteiger partial charge < -0.3 is 40.7 Å². The molecule has 1 aliphatic rings. The summed E-state index contributed by atoms with van der Waals surface area (Å²) >= 11 is 0. The topological polar surface area (TPSA) is 160 Å². The zero-order valence-corrected chi connectivity index (χ0v) is 41.7. The highest BCUT2D eigenvalue weighted by molar-refractivity contribution is 5.76. The molecule has 378 valence electrons. The van der Waals surface area contributed by atoms with Gasteiger partial charge in [0.1, 0.15) is 36.6 Å². The first-order valence-corrected chi connectivity index (χ1v) is 27.6. The summed E-state index contributed by atoms with van der Waals surface area (Å²) in [6, 6.07) is -0.949. The average molecular weight is 908 g/mol. The molecule has 0 aliphatic carbocycles. The lowest BCUT2D eigenvalue weighted by atomic mass is 9.93. The van der Waals surface area contributed by atoms with E-state index in [4.69, 9.17) is 4.74 Å². The van der Waals surface area contributed by atoms with Crippen LogP contribution in [0.5, 0.6) is 0 Å². The molecule has 0 spiro atoms. The van der Waals surface area contributed by atoms with E-state index in [1.54, 1.807) is 0 Å². The van der Waals surface area contributed by atoms with Crippen LogP contribution in [0, 0.1) is 0 Å². The minimum absolute atomic E-state index is 0.230. The molecule has 0 aromatic heterocycles. The van der Waals surface area contributed by atoms with Gasteiger partial charge in [-0.1, -0.05) is 244 Å². The number of rotatable bonds is 46. The third-order valence-corrected chi connectivity index (χ3v) is 13.5. The molecule has 8 atom stereocenters. The van der Waals surface area contributed by atoms with E-state index in [1.165, 1.54) is 198 Å². The minimum atomic E-state index is -1.53. The van der Waals surface area contributed by atoms with Gasteiger partial charge in [0.15, 0.2) is 0 Å². The summed E-state index contributed by atoms with van der Waals surface area (Å²) in [5.74, 6) is -0.230. The van der Waals surface area contributed by atoms with Crippen molar-refractivity contribution in [2.24, 2.45) is 0 Å². The van der Waals surface area contributed by atoms with Crippen LogP contribution >= 0.6 is 0 Å². The summed E-state index contributed by atoms with van der Waals surface area (Å²) < 4.78 is 5.61. The van der Waals surface area contributed by atoms with Crippen LogP contribution in [-0.2, 0) is 9.53 Å². The van der Waals surface area contributed by atoms with E-state index in [9.17, 15) is 35.4 Å². The van der Waals surface area contributed by atoms with Crippen LogP contribution < -0.4 is 5.32 Å². The van der Waals surface area contributed by atoms with Gasteiger partial charge in [0.05, 0.1) is 18.8 Å². The molecule has 1 fully saturated rings. The van der Waals surface area contributed by atoms with Crippen molar-refractivity contribution in [1.29, 1.82) is 0 Å². The van der Waals surface area contributed by atoms with Crippen LogP contribution in [-0.4, -0.2) is 91.9 Å². The lowest BCUT2D eigenvalue weighted by molar-refractivity contribution is -0.216. The summed E-state index contributed by atoms with van der Waals surface area (Å²) in [4.78, 5) is 13.1. The third kappa shape index (κ3) is 33.2. The molecule has 1 amide bonds. The molecule has 0 aromatic carbocycles. The predicted octanol–water partition coefficient (Wildman–Crippen LogP) is 12.4. The number of carbonyl (C=O) groups is 1. The van der Waals surface area contributed by atoms with Gasteiger partial charge in [0.25, 0.3) is 0 Å². The van der Waals surface area contributed by atoms with E-state index < -0.39 is 55.4 Å². The summed E-state index contributed by atoms with van der Waals surface area (Å²) in [5, 5.41) is 65.6. The van der Waals surface area contributed by atoms with Crippen molar-refractivity contribution in [1.82, 2.24) is 5.32 Å². The second-order valence-corrected chi connectivity index (χ2v) is 19.6. The Balaban J connectivity index is 2.25. The third-order valence-electron chi connectivity index (χ3n) is 13.5. The van der Waals surface area contributed by atoms with Crippen LogP contribution in [0.15, 0.2) is 24.3 Å². The molecule has 0 aromatic rings. The molecule has 64 heavy (non-hydrogen) atoms. The van der Waals surface area contributed by atoms with Crippen molar-refractivity contribution in [3.63, 3.8) is 0 Å². The summed E-state index contributed by atoms with van der Waals surface area (Å²) in [5.41, 5.74) is 0. The van der Waals surface area contributed by atoms with E-state index in [1.807, 2.05) is 0 Å². The number of carbonyl (C=O) groups excluding carboxylic acids is 1. The Morgan fingerprint density at radius 3 is 1.30 bits per heavy atom. The van der Waals surface area contributed by atoms with Crippen molar-refractivity contribution < 1.29 is 40.2 Å². The second kappa shape index (κ2) is 44.2. The quantitative estimate of drug-likeness (QED) is 0.0235. The molecular formula is C55H105NO8. The molecule has 1 rings (SSSR count). The largest absolute Gasteiger partial charge is 0.394 e. The molecule has 1 saturated heterocycles. The zero-order valence-electron chi connectivity index (χ0n) is 41.7. The first-order valence-electron chi connectivity index (χ1n) is 27.6. The highest BCUT2D eigenvalue weighted by atomic mass is 16.5. The van der Waals surface area contributed by atoms with E-state index >= 15 is 0 Å². The van der Waals surface area contributed by atoms with Crippen LogP contribution in [0.1, 0.15) is 264 Å². The van der Waals surface area contributed by atoms with Gasteiger partial charge in [-0.3, -0.25) is 4.79 Å². The number of hydrogen-bond donors (Lipinski definition) is 7. The highest BCUT2D eigenvalue weighted by Crippen LogP contribution is 2.23. The number of hydrogen-bond acceptors (Lipinski definition) is 8. The first kappa shape index (κ1) is 60.7. The maximum Gasteiger partial charge on any atom is 0.220 e. The number of ether oxygens (including phenoxy) is 1. The molecule has 9 heteroatoms. The molecule has 0 saturated carbocycles. The molecular weight excluding hydrogens is 803 g/mol. The van der Waals surface area contributed by atoms with Gasteiger partial charge in [-0.05, 0) is 38.5 Å². The summed E-state index contributed by atoms with van der Waals surface area (Å²) in [6.07, 6.45) is 46.3. The molecule has 1 heterocycles. The lowest BCUT2D eigenvalue weighted by Crippen LogP contribution is -2.58. The maximum absolute atomic E-state index is 13.1. The van der Waals surface area contributed by atoms with Gasteiger partial charge >= 0.3 is 0 Å². The molecule has 1 aliphatic heterocycles. The van der Waals surface area contributed by atoms with Gasteiger partial charge in [0, 0.05) is 6.42 Å². The van der Waals surface area contributed by atoms with Crippen LogP contribution in [0.2, 0.25) is 0 Å². The summed E-state index contributed by atoms with van der Waals surface area (Å²) in [6.45, 7) is 3.98. The number of nitrogens with one attached hydrogen (secondary N) is 1. The standard InChI is InChI=1S/C55H105NO8/c1-3-5-7-9-11-13-15-17-18-19-20-21-22-23-24-25-26-27-28-29-30-31-33-35-37-39-41-43-51(59)56-47(44-45-49-53(61)55(63)54(62)50(46-57)64-49)52(60)48(58)42-40-38-36-34-32-16-14-12-10-8-6-4-2/h27-28,44-45,47-50,52-55,57-58,60-63H,3-26,29-43,46H2,1-2H3,(H,56,59)/b28-27+,45-44+/t47-,48+,49+,50?,52-,53+,54-,55?/m0/s1. The Morgan fingerprint density at radius 1 is 0.516 bits per heavy atom. The lowest BCUT2D eigenvalue weighted by Gasteiger charge is -2.39. The van der Waals surface area contributed by atoms with Crippen molar-refractivity contribution in [2.75, 3.05) is 6.61 Å². The fourth-order valence-electron chi connectivity index (χ4n) is 9.11. The molecule has 0 bridgehead atoms. The summed E-state index contributed by atoms with van der Waals surface area (Å²) in [7, 11) is 0. The number of aliphatic hydroxyl groups is 6. The normalized spacial score (nSPS) is 20.7. The van der Waals surface area contributed by atoms with E-state index in [0.29, 0.717) is 12.8 Å². The van der Waals surface area contributed by atoms with E-state index in [0.717, 1.165) is 51.4 Å². The molecule has 7 N–H and O–H groups in total. The van der Waals surface area contributed by atoms with E-state index in [-0.39, 0.29) is 5.91 Å². The number of amides is 1. The van der Waals surface area contributed by atoms with Gasteiger partial charge in [-0.25, -0.2) is 0 Å². The van der Waals surface area contributed by atoms with Gasteiger partial charge in [-0.15, -0.1) is 0 Å². The van der Waals surface area contributed by atoms with Crippen molar-refractivity contribution in [3.8, 4) is 0 Å². The maximum atomic E-state index is 13.1. The monoisotopic (exact) mass is 908 g/mol. The van der Waals surface area contributed by atoms with E-state index in [2.05, 4.69) is 31.3 Å². The van der Waals surface area contributed by atoms with Crippen molar-refractivity contribution in [3.05, 3.63) is 24.3 Å². The Labute approximate surface area is 394 Å². The smallest absolute Gasteiger partial charge is 0.220 e. The Kier molecular flexibility index (Phi) is 41.9. The predicted molar refractivity (Wildman–Crippen MR) is 267 cm³/mol. The number of aliphatic hydroxyl groups excluding tert-OH is 6. The van der Waals surface area contributed by atoms with Gasteiger partial charge in [0.2, 0.25) is 5.91 Å². The minimum Gasteiger partial charge on any atom is -0.394 e. The second-order valence-electron chi connectivity index (χ2n) is 19.6. The van der Waals surface area contributed by atoms with Crippen LogP contribution in [0.25, 0.3) is 0 Å². The number of allylic oxidation sites excluding steroid dienone is 2. The van der Waals surface area contributed by atoms with Crippen LogP contribution in [0.4, 0.5) is 0 Å². The molecule has 9 nitrogen and oxygen atoms in total. The highest BCUT2D eigenvalue weighted by Gasteiger charge is 2.42. The van der Waals surface area contributed by atoms with Crippen molar-refractivity contribution in [2.45, 2.75) is 313 Å². The van der Waals surface area contributed by atoms with Crippen LogP contribution in [0.3, 0.4) is 0 Å². The fraction of sp³-hybridized carbons (Fsp3) is 0.909. The zero-order chi connectivity index (χ0) is 46.7. The Morgan fingerprint density at radius 2 is 0.891 bits per heavy atom. The average Bonchev–Trinajstić information content (AvgIpc) is 3.29. The fourth-order valence-corrected chi connectivity index (χ4v) is 9.11. The molecule has 0 radical (unpaired) electrons. The van der Waals surface area contributed by atoms with Gasteiger partial charge in [-0.2, -0.15) is 0 Å². The Hall–Kier alpha value is -1.33. The number of unbranched alkanes of at least 4 members (excludes halogenated alkanes) is 34. The first-order chi connectivity index (χ1) is 31.3. The molecule has 2 unspecified atom stereocenters. The SMILES string of the molecule is CCCCCCCCCCCCCCCCCC/C=C/CCCCCCCCCC(=O)N[C@@H](/C=C/[C@H]1OC(CO)[C@H](O)C(O)[C@@H]1O)[C@H](O)[C@H](O)CCCCCCCCCCCCCC.